The van der Waals surface area contributed by atoms with E-state index in [1.54, 1.807) is 0 Å². The Kier molecular flexibility index (Phi) is 4.88. The van der Waals surface area contributed by atoms with Crippen LogP contribution in [0.25, 0.3) is 0 Å². The molecule has 0 saturated heterocycles. The van der Waals surface area contributed by atoms with Gasteiger partial charge in [-0.2, -0.15) is 0 Å². The molecule has 18 heavy (non-hydrogen) atoms. The standard InChI is InChI=1S/C12H19N3O3/c1-9(2)4-6-13-10(16)8-15-7-5-11(17)14(3)12(15)18/h5,7,9H,4,6,8H2,1-3H3,(H,13,16). The highest BCUT2D eigenvalue weighted by Gasteiger charge is 2.06. The molecule has 0 fully saturated rings. The minimum atomic E-state index is -0.485. The zero-order chi connectivity index (χ0) is 13.7. The summed E-state index contributed by atoms with van der Waals surface area (Å²) in [5, 5.41) is 2.74. The molecule has 0 bridgehead atoms. The van der Waals surface area contributed by atoms with Crippen LogP contribution >= 0.6 is 0 Å². The number of hydrogen-bond acceptors (Lipinski definition) is 3. The monoisotopic (exact) mass is 253 g/mol. The van der Waals surface area contributed by atoms with Gasteiger partial charge >= 0.3 is 5.69 Å². The third-order valence-corrected chi connectivity index (χ3v) is 2.62. The second-order valence-corrected chi connectivity index (χ2v) is 4.66. The molecular weight excluding hydrogens is 234 g/mol. The first-order chi connectivity index (χ1) is 8.41. The SMILES string of the molecule is CC(C)CCNC(=O)Cn1ccc(=O)n(C)c1=O. The van der Waals surface area contributed by atoms with Crippen LogP contribution in [0.3, 0.4) is 0 Å². The molecule has 1 rings (SSSR count). The Morgan fingerprint density at radius 3 is 2.67 bits per heavy atom. The van der Waals surface area contributed by atoms with E-state index in [1.165, 1.54) is 23.9 Å². The van der Waals surface area contributed by atoms with E-state index in [0.717, 1.165) is 11.0 Å². The fourth-order valence-corrected chi connectivity index (χ4v) is 1.45. The predicted octanol–water partition coefficient (Wildman–Crippen LogP) is -0.291. The highest BCUT2D eigenvalue weighted by molar-refractivity contribution is 5.75. The Morgan fingerprint density at radius 2 is 2.06 bits per heavy atom. The van der Waals surface area contributed by atoms with Gasteiger partial charge in [-0.05, 0) is 12.3 Å². The van der Waals surface area contributed by atoms with Crippen molar-refractivity contribution in [3.63, 3.8) is 0 Å². The highest BCUT2D eigenvalue weighted by atomic mass is 16.2. The third-order valence-electron chi connectivity index (χ3n) is 2.62. The summed E-state index contributed by atoms with van der Waals surface area (Å²) in [5.74, 6) is 0.293. The summed E-state index contributed by atoms with van der Waals surface area (Å²) < 4.78 is 2.19. The van der Waals surface area contributed by atoms with Crippen molar-refractivity contribution in [1.82, 2.24) is 14.5 Å². The largest absolute Gasteiger partial charge is 0.355 e. The molecule has 0 aliphatic carbocycles. The van der Waals surface area contributed by atoms with Gasteiger partial charge in [-0.15, -0.1) is 0 Å². The van der Waals surface area contributed by atoms with Gasteiger partial charge in [0.25, 0.3) is 5.56 Å². The number of rotatable bonds is 5. The summed E-state index contributed by atoms with van der Waals surface area (Å²) in [5.41, 5.74) is -0.863. The molecule has 0 spiro atoms. The van der Waals surface area contributed by atoms with Gasteiger partial charge in [-0.3, -0.25) is 18.7 Å². The number of aromatic nitrogens is 2. The minimum absolute atomic E-state index is 0.0644. The van der Waals surface area contributed by atoms with E-state index in [2.05, 4.69) is 19.2 Å². The molecule has 1 N–H and O–H groups in total. The van der Waals surface area contributed by atoms with Gasteiger partial charge in [0.2, 0.25) is 5.91 Å². The zero-order valence-corrected chi connectivity index (χ0v) is 11.0. The second-order valence-electron chi connectivity index (χ2n) is 4.66. The number of nitrogens with zero attached hydrogens (tertiary/aromatic N) is 2. The van der Waals surface area contributed by atoms with Crippen molar-refractivity contribution in [1.29, 1.82) is 0 Å². The van der Waals surface area contributed by atoms with Crippen LogP contribution < -0.4 is 16.6 Å². The van der Waals surface area contributed by atoms with E-state index in [0.29, 0.717) is 12.5 Å². The maximum Gasteiger partial charge on any atom is 0.331 e. The molecule has 1 heterocycles. The van der Waals surface area contributed by atoms with Crippen LogP contribution in [-0.4, -0.2) is 21.6 Å². The summed E-state index contributed by atoms with van der Waals surface area (Å²) >= 11 is 0. The highest BCUT2D eigenvalue weighted by Crippen LogP contribution is 1.96. The lowest BCUT2D eigenvalue weighted by molar-refractivity contribution is -0.121. The van der Waals surface area contributed by atoms with E-state index in [-0.39, 0.29) is 18.0 Å². The fraction of sp³-hybridized carbons (Fsp3) is 0.583. The second kappa shape index (κ2) is 6.18. The van der Waals surface area contributed by atoms with Gasteiger partial charge in [0, 0.05) is 25.9 Å². The van der Waals surface area contributed by atoms with Crippen molar-refractivity contribution >= 4 is 5.91 Å². The van der Waals surface area contributed by atoms with Crippen LogP contribution in [0.1, 0.15) is 20.3 Å². The van der Waals surface area contributed by atoms with E-state index >= 15 is 0 Å². The molecule has 1 aromatic heterocycles. The average molecular weight is 253 g/mol. The molecular formula is C12H19N3O3. The van der Waals surface area contributed by atoms with Crippen LogP contribution in [0.5, 0.6) is 0 Å². The van der Waals surface area contributed by atoms with Crippen LogP contribution in [0.4, 0.5) is 0 Å². The Labute approximate surface area is 105 Å². The first kappa shape index (κ1) is 14.2. The lowest BCUT2D eigenvalue weighted by Gasteiger charge is -2.09. The maximum atomic E-state index is 11.7. The van der Waals surface area contributed by atoms with E-state index < -0.39 is 5.69 Å². The van der Waals surface area contributed by atoms with Crippen molar-refractivity contribution in [2.24, 2.45) is 13.0 Å². The number of hydrogen-bond donors (Lipinski definition) is 1. The Balaban J connectivity index is 2.63. The third kappa shape index (κ3) is 3.87. The van der Waals surface area contributed by atoms with Crippen LogP contribution in [-0.2, 0) is 18.4 Å². The van der Waals surface area contributed by atoms with Gasteiger partial charge < -0.3 is 5.32 Å². The normalized spacial score (nSPS) is 10.7. The van der Waals surface area contributed by atoms with Crippen molar-refractivity contribution in [3.05, 3.63) is 33.1 Å². The topological polar surface area (TPSA) is 73.1 Å². The summed E-state index contributed by atoms with van der Waals surface area (Å²) in [4.78, 5) is 34.4. The molecule has 0 unspecified atom stereocenters. The van der Waals surface area contributed by atoms with Crippen LogP contribution in [0.15, 0.2) is 21.9 Å². The quantitative estimate of drug-likeness (QED) is 0.783. The van der Waals surface area contributed by atoms with Crippen LogP contribution in [0, 0.1) is 5.92 Å². The minimum Gasteiger partial charge on any atom is -0.355 e. The van der Waals surface area contributed by atoms with Gasteiger partial charge in [0.15, 0.2) is 0 Å². The van der Waals surface area contributed by atoms with Gasteiger partial charge in [0.1, 0.15) is 6.54 Å². The molecule has 0 radical (unpaired) electrons. The van der Waals surface area contributed by atoms with E-state index in [4.69, 9.17) is 0 Å². The summed E-state index contributed by atoms with van der Waals surface area (Å²) in [6.45, 7) is 4.68. The molecule has 0 aliphatic rings. The fourth-order valence-electron chi connectivity index (χ4n) is 1.45. The molecule has 1 amide bonds. The Bertz CT molecular complexity index is 528. The molecule has 1 aromatic rings. The predicted molar refractivity (Wildman–Crippen MR) is 68.4 cm³/mol. The Morgan fingerprint density at radius 1 is 1.39 bits per heavy atom. The van der Waals surface area contributed by atoms with Crippen molar-refractivity contribution in [2.45, 2.75) is 26.8 Å². The molecule has 0 saturated carbocycles. The van der Waals surface area contributed by atoms with Gasteiger partial charge in [-0.25, -0.2) is 4.79 Å². The zero-order valence-electron chi connectivity index (χ0n) is 11.0. The molecule has 0 atom stereocenters. The molecule has 6 nitrogen and oxygen atoms in total. The number of amides is 1. The first-order valence-corrected chi connectivity index (χ1v) is 5.95. The summed E-state index contributed by atoms with van der Waals surface area (Å²) in [7, 11) is 1.39. The summed E-state index contributed by atoms with van der Waals surface area (Å²) in [6.07, 6.45) is 2.24. The average Bonchev–Trinajstić information content (AvgIpc) is 2.29. The Hall–Kier alpha value is -1.85. The van der Waals surface area contributed by atoms with E-state index in [9.17, 15) is 14.4 Å². The lowest BCUT2D eigenvalue weighted by atomic mass is 10.1. The van der Waals surface area contributed by atoms with Crippen molar-refractivity contribution in [3.8, 4) is 0 Å². The van der Waals surface area contributed by atoms with Crippen LogP contribution in [0.2, 0.25) is 0 Å². The van der Waals surface area contributed by atoms with E-state index in [1.807, 2.05) is 0 Å². The molecule has 0 aliphatic heterocycles. The first-order valence-electron chi connectivity index (χ1n) is 5.95. The summed E-state index contributed by atoms with van der Waals surface area (Å²) in [6, 6.07) is 1.27. The van der Waals surface area contributed by atoms with Gasteiger partial charge in [-0.1, -0.05) is 13.8 Å². The number of carbonyl (C=O) groups is 1. The number of carbonyl (C=O) groups excluding carboxylic acids is 1. The lowest BCUT2D eigenvalue weighted by Crippen LogP contribution is -2.40. The molecule has 100 valence electrons. The maximum absolute atomic E-state index is 11.7. The van der Waals surface area contributed by atoms with Gasteiger partial charge in [0.05, 0.1) is 0 Å². The van der Waals surface area contributed by atoms with Crippen molar-refractivity contribution < 1.29 is 4.79 Å². The number of nitrogens with one attached hydrogen (secondary N) is 1. The smallest absolute Gasteiger partial charge is 0.331 e. The molecule has 6 heteroatoms. The van der Waals surface area contributed by atoms with Crippen molar-refractivity contribution in [2.75, 3.05) is 6.54 Å². The molecule has 0 aromatic carbocycles.